The van der Waals surface area contributed by atoms with Gasteiger partial charge >= 0.3 is 0 Å². The second kappa shape index (κ2) is 12.5. The summed E-state index contributed by atoms with van der Waals surface area (Å²) in [6, 6.07) is 33.9. The molecule has 4 aromatic rings. The Morgan fingerprint density at radius 1 is 0.500 bits per heavy atom. The van der Waals surface area contributed by atoms with Gasteiger partial charge in [0.15, 0.2) is 0 Å². The van der Waals surface area contributed by atoms with Crippen LogP contribution in [0.4, 0.5) is 0 Å². The summed E-state index contributed by atoms with van der Waals surface area (Å²) in [5, 5.41) is 0. The van der Waals surface area contributed by atoms with E-state index in [1.807, 2.05) is 109 Å². The lowest BCUT2D eigenvalue weighted by Gasteiger charge is -2.45. The van der Waals surface area contributed by atoms with Crippen molar-refractivity contribution >= 4 is 11.8 Å². The van der Waals surface area contributed by atoms with Gasteiger partial charge in [-0.25, -0.2) is 0 Å². The van der Waals surface area contributed by atoms with Crippen LogP contribution >= 0.6 is 0 Å². The molecule has 0 aliphatic carbocycles. The normalized spacial score (nSPS) is 17.1. The fraction of sp³-hybridized carbons (Fsp3) is 0.235. The number of carbonyl (C=O) groups is 2. The number of hydrogen-bond acceptors (Lipinski definition) is 4. The third-order valence-electron chi connectivity index (χ3n) is 7.46. The molecule has 1 heterocycles. The quantitative estimate of drug-likeness (QED) is 0.277. The molecule has 1 fully saturated rings. The van der Waals surface area contributed by atoms with Crippen LogP contribution in [0.15, 0.2) is 109 Å². The number of ether oxygens (including phenoxy) is 2. The molecule has 0 bridgehead atoms. The Kier molecular flexibility index (Phi) is 8.45. The minimum Gasteiger partial charge on any atom is -0.497 e. The SMILES string of the molecule is COc1ccc(CN2C(=O)[C@H](Cc3ccccc3)N(Cc3ccc(OC)cc3)C(=O)[C@@H]2Cc2ccccc2)cc1. The molecule has 0 saturated carbocycles. The van der Waals surface area contributed by atoms with E-state index in [9.17, 15) is 9.59 Å². The zero-order valence-corrected chi connectivity index (χ0v) is 22.9. The Labute approximate surface area is 235 Å². The lowest BCUT2D eigenvalue weighted by Crippen LogP contribution is -2.65. The van der Waals surface area contributed by atoms with Gasteiger partial charge in [0.05, 0.1) is 14.2 Å². The molecule has 4 aromatic carbocycles. The van der Waals surface area contributed by atoms with E-state index in [4.69, 9.17) is 9.47 Å². The molecule has 0 spiro atoms. The molecule has 6 nitrogen and oxygen atoms in total. The highest BCUT2D eigenvalue weighted by atomic mass is 16.5. The molecule has 40 heavy (non-hydrogen) atoms. The fourth-order valence-electron chi connectivity index (χ4n) is 5.26. The molecular formula is C34H34N2O4. The largest absolute Gasteiger partial charge is 0.497 e. The Morgan fingerprint density at radius 3 is 1.18 bits per heavy atom. The lowest BCUT2D eigenvalue weighted by molar-refractivity contribution is -0.163. The van der Waals surface area contributed by atoms with Gasteiger partial charge in [0.1, 0.15) is 23.6 Å². The summed E-state index contributed by atoms with van der Waals surface area (Å²) in [6.07, 6.45) is 0.886. The second-order valence-corrected chi connectivity index (χ2v) is 10.0. The van der Waals surface area contributed by atoms with Crippen LogP contribution < -0.4 is 9.47 Å². The van der Waals surface area contributed by atoms with Gasteiger partial charge in [0.2, 0.25) is 11.8 Å². The summed E-state index contributed by atoms with van der Waals surface area (Å²) >= 11 is 0. The third kappa shape index (κ3) is 6.18. The predicted molar refractivity (Wildman–Crippen MR) is 155 cm³/mol. The molecule has 0 N–H and O–H groups in total. The number of benzene rings is 4. The van der Waals surface area contributed by atoms with Gasteiger partial charge in [-0.05, 0) is 46.5 Å². The van der Waals surface area contributed by atoms with Gasteiger partial charge < -0.3 is 19.3 Å². The molecule has 2 atom stereocenters. The Balaban J connectivity index is 1.52. The Hall–Kier alpha value is -4.58. The fourth-order valence-corrected chi connectivity index (χ4v) is 5.26. The van der Waals surface area contributed by atoms with E-state index < -0.39 is 12.1 Å². The standard InChI is InChI=1S/C34H34N2O4/c1-39-29-17-13-27(14-18-29)23-35-31(21-25-9-5-3-6-10-25)34(38)36(24-28-15-19-30(40-2)20-16-28)32(33(35)37)22-26-11-7-4-8-12-26/h3-20,31-32H,21-24H2,1-2H3/t31-,32-/m0/s1. The minimum absolute atomic E-state index is 0.0475. The van der Waals surface area contributed by atoms with Crippen LogP contribution in [0.3, 0.4) is 0 Å². The molecule has 5 rings (SSSR count). The van der Waals surface area contributed by atoms with E-state index >= 15 is 0 Å². The van der Waals surface area contributed by atoms with Gasteiger partial charge in [-0.1, -0.05) is 84.9 Å². The van der Waals surface area contributed by atoms with E-state index in [-0.39, 0.29) is 11.8 Å². The molecule has 1 aliphatic heterocycles. The smallest absolute Gasteiger partial charge is 0.246 e. The van der Waals surface area contributed by atoms with Crippen LogP contribution in [0.1, 0.15) is 22.3 Å². The number of carbonyl (C=O) groups excluding carboxylic acids is 2. The summed E-state index contributed by atoms with van der Waals surface area (Å²) < 4.78 is 10.6. The topological polar surface area (TPSA) is 59.1 Å². The van der Waals surface area contributed by atoms with Crippen molar-refractivity contribution in [3.05, 3.63) is 131 Å². The van der Waals surface area contributed by atoms with Crippen LogP contribution in [0.5, 0.6) is 11.5 Å². The van der Waals surface area contributed by atoms with Crippen molar-refractivity contribution in [2.24, 2.45) is 0 Å². The predicted octanol–water partition coefficient (Wildman–Crippen LogP) is 5.30. The van der Waals surface area contributed by atoms with Gasteiger partial charge in [0.25, 0.3) is 0 Å². The lowest BCUT2D eigenvalue weighted by atomic mass is 9.93. The van der Waals surface area contributed by atoms with Gasteiger partial charge in [-0.3, -0.25) is 9.59 Å². The van der Waals surface area contributed by atoms with E-state index in [0.717, 1.165) is 33.8 Å². The number of methoxy groups -OCH3 is 2. The van der Waals surface area contributed by atoms with Gasteiger partial charge in [-0.15, -0.1) is 0 Å². The van der Waals surface area contributed by atoms with Gasteiger partial charge in [-0.2, -0.15) is 0 Å². The highest BCUT2D eigenvalue weighted by Crippen LogP contribution is 2.28. The second-order valence-electron chi connectivity index (χ2n) is 10.0. The maximum atomic E-state index is 14.4. The Morgan fingerprint density at radius 2 is 0.850 bits per heavy atom. The summed E-state index contributed by atoms with van der Waals surface area (Å²) in [4.78, 5) is 32.3. The molecule has 6 heteroatoms. The number of amides is 2. The van der Waals surface area contributed by atoms with Crippen molar-refractivity contribution < 1.29 is 19.1 Å². The van der Waals surface area contributed by atoms with Crippen molar-refractivity contribution in [2.75, 3.05) is 14.2 Å². The zero-order chi connectivity index (χ0) is 27.9. The van der Waals surface area contributed by atoms with E-state index in [1.165, 1.54) is 0 Å². The third-order valence-corrected chi connectivity index (χ3v) is 7.46. The summed E-state index contributed by atoms with van der Waals surface area (Å²) in [6.45, 7) is 0.682. The number of nitrogens with zero attached hydrogens (tertiary/aromatic N) is 2. The highest BCUT2D eigenvalue weighted by Gasteiger charge is 2.45. The summed E-state index contributed by atoms with van der Waals surface area (Å²) in [5.74, 6) is 1.40. The minimum atomic E-state index is -0.623. The zero-order valence-electron chi connectivity index (χ0n) is 22.9. The average Bonchev–Trinajstić information content (AvgIpc) is 3.01. The maximum Gasteiger partial charge on any atom is 0.246 e. The summed E-state index contributed by atoms with van der Waals surface area (Å²) in [5.41, 5.74) is 3.92. The van der Waals surface area contributed by atoms with Crippen molar-refractivity contribution in [1.29, 1.82) is 0 Å². The van der Waals surface area contributed by atoms with Crippen LogP contribution in [0, 0.1) is 0 Å². The molecule has 1 saturated heterocycles. The molecule has 2 amide bonds. The average molecular weight is 535 g/mol. The van der Waals surface area contributed by atoms with E-state index in [1.54, 1.807) is 24.0 Å². The first-order valence-corrected chi connectivity index (χ1v) is 13.5. The van der Waals surface area contributed by atoms with E-state index in [2.05, 4.69) is 0 Å². The van der Waals surface area contributed by atoms with Crippen LogP contribution in [-0.4, -0.2) is 47.9 Å². The van der Waals surface area contributed by atoms with Crippen LogP contribution in [-0.2, 0) is 35.5 Å². The highest BCUT2D eigenvalue weighted by molar-refractivity contribution is 5.97. The molecule has 0 unspecified atom stereocenters. The number of hydrogen-bond donors (Lipinski definition) is 0. The number of piperazine rings is 1. The van der Waals surface area contributed by atoms with Crippen molar-refractivity contribution in [3.63, 3.8) is 0 Å². The molecule has 1 aliphatic rings. The Bertz CT molecular complexity index is 1300. The first-order chi connectivity index (χ1) is 19.6. The summed E-state index contributed by atoms with van der Waals surface area (Å²) in [7, 11) is 3.26. The first kappa shape index (κ1) is 27.0. The van der Waals surface area contributed by atoms with E-state index in [0.29, 0.717) is 25.9 Å². The molecule has 0 radical (unpaired) electrons. The first-order valence-electron chi connectivity index (χ1n) is 13.5. The molecular weight excluding hydrogens is 500 g/mol. The monoisotopic (exact) mass is 534 g/mol. The van der Waals surface area contributed by atoms with Crippen LogP contribution in [0.25, 0.3) is 0 Å². The van der Waals surface area contributed by atoms with Crippen molar-refractivity contribution in [3.8, 4) is 11.5 Å². The number of rotatable bonds is 10. The van der Waals surface area contributed by atoms with Crippen molar-refractivity contribution in [2.45, 2.75) is 38.0 Å². The van der Waals surface area contributed by atoms with Crippen molar-refractivity contribution in [1.82, 2.24) is 9.80 Å². The van der Waals surface area contributed by atoms with Crippen LogP contribution in [0.2, 0.25) is 0 Å². The molecule has 0 aromatic heterocycles. The maximum absolute atomic E-state index is 14.4. The van der Waals surface area contributed by atoms with Gasteiger partial charge in [0, 0.05) is 25.9 Å². The molecule has 204 valence electrons.